The third-order valence-corrected chi connectivity index (χ3v) is 6.35. The molecule has 196 valence electrons. The van der Waals surface area contributed by atoms with E-state index in [0.717, 1.165) is 28.2 Å². The van der Waals surface area contributed by atoms with E-state index in [2.05, 4.69) is 5.32 Å². The van der Waals surface area contributed by atoms with Gasteiger partial charge >= 0.3 is 0 Å². The van der Waals surface area contributed by atoms with Crippen LogP contribution in [0.4, 0.5) is 8.78 Å². The molecule has 9 nitrogen and oxygen atoms in total. The van der Waals surface area contributed by atoms with Crippen molar-refractivity contribution in [2.45, 2.75) is 19.3 Å². The fourth-order valence-corrected chi connectivity index (χ4v) is 4.52. The second-order valence-corrected chi connectivity index (χ2v) is 8.84. The van der Waals surface area contributed by atoms with Crippen molar-refractivity contribution < 1.29 is 32.6 Å². The number of nitrogens with zero attached hydrogens (tertiary/aromatic N) is 2. The summed E-state index contributed by atoms with van der Waals surface area (Å²) in [6, 6.07) is 14.4. The number of halogens is 2. The van der Waals surface area contributed by atoms with Crippen molar-refractivity contribution in [2.24, 2.45) is 5.73 Å². The molecule has 1 saturated heterocycles. The molecule has 0 saturated carbocycles. The van der Waals surface area contributed by atoms with Gasteiger partial charge in [0.05, 0.1) is 0 Å². The lowest BCUT2D eigenvalue weighted by Crippen LogP contribution is -2.53. The van der Waals surface area contributed by atoms with E-state index in [4.69, 9.17) is 15.2 Å². The minimum Gasteiger partial charge on any atom is -0.454 e. The summed E-state index contributed by atoms with van der Waals surface area (Å²) < 4.78 is 38.3. The Morgan fingerprint density at radius 3 is 2.21 bits per heavy atom. The summed E-state index contributed by atoms with van der Waals surface area (Å²) in [5.74, 6) is -2.91. The molecule has 5 rings (SSSR count). The van der Waals surface area contributed by atoms with Gasteiger partial charge in [-0.15, -0.1) is 0 Å². The number of nitrogens with one attached hydrogen (secondary N) is 1. The molecule has 2 heterocycles. The van der Waals surface area contributed by atoms with Gasteiger partial charge in [0.2, 0.25) is 6.79 Å². The minimum absolute atomic E-state index is 0.0198. The SMILES string of the molecule is NCc1cccc(CNC(=O)C2N(C(=O)c3cc(F)cc(F)c3)CCN2C(=O)c2ccc3c(c2)OCO3)c1. The third kappa shape index (κ3) is 5.00. The highest BCUT2D eigenvalue weighted by Gasteiger charge is 2.43. The Hall–Kier alpha value is -4.51. The Morgan fingerprint density at radius 2 is 1.50 bits per heavy atom. The number of rotatable bonds is 6. The van der Waals surface area contributed by atoms with Crippen molar-refractivity contribution in [2.75, 3.05) is 19.9 Å². The van der Waals surface area contributed by atoms with Gasteiger partial charge < -0.3 is 30.3 Å². The van der Waals surface area contributed by atoms with Crippen molar-refractivity contribution >= 4 is 17.7 Å². The molecular weight excluding hydrogens is 498 g/mol. The first-order chi connectivity index (χ1) is 18.3. The fourth-order valence-electron chi connectivity index (χ4n) is 4.52. The molecule has 2 aliphatic heterocycles. The molecular formula is C27H24F2N4O5. The average Bonchev–Trinajstić information content (AvgIpc) is 3.57. The van der Waals surface area contributed by atoms with Crippen LogP contribution in [0.15, 0.2) is 60.7 Å². The Morgan fingerprint density at radius 1 is 0.842 bits per heavy atom. The zero-order valence-electron chi connectivity index (χ0n) is 20.2. The number of nitrogens with two attached hydrogens (primary N) is 1. The van der Waals surface area contributed by atoms with Gasteiger partial charge in [-0.3, -0.25) is 14.4 Å². The first kappa shape index (κ1) is 25.2. The number of carbonyl (C=O) groups excluding carboxylic acids is 3. The highest BCUT2D eigenvalue weighted by molar-refractivity contribution is 6.02. The van der Waals surface area contributed by atoms with E-state index in [9.17, 15) is 23.2 Å². The van der Waals surface area contributed by atoms with Gasteiger partial charge in [0.15, 0.2) is 17.7 Å². The van der Waals surface area contributed by atoms with Crippen LogP contribution in [-0.4, -0.2) is 53.6 Å². The van der Waals surface area contributed by atoms with Crippen molar-refractivity contribution in [3.63, 3.8) is 0 Å². The number of benzene rings is 3. The largest absolute Gasteiger partial charge is 0.454 e. The van der Waals surface area contributed by atoms with Crippen molar-refractivity contribution in [1.82, 2.24) is 15.1 Å². The highest BCUT2D eigenvalue weighted by Crippen LogP contribution is 2.33. The Kier molecular flexibility index (Phi) is 6.93. The van der Waals surface area contributed by atoms with Gasteiger partial charge in [0.25, 0.3) is 17.7 Å². The fraction of sp³-hybridized carbons (Fsp3) is 0.222. The van der Waals surface area contributed by atoms with Crippen LogP contribution in [-0.2, 0) is 17.9 Å². The molecule has 2 aliphatic rings. The molecule has 3 aromatic carbocycles. The van der Waals surface area contributed by atoms with E-state index in [1.165, 1.54) is 17.0 Å². The predicted molar refractivity (Wildman–Crippen MR) is 131 cm³/mol. The molecule has 0 radical (unpaired) electrons. The Bertz CT molecular complexity index is 1400. The van der Waals surface area contributed by atoms with E-state index in [-0.39, 0.29) is 37.6 Å². The lowest BCUT2D eigenvalue weighted by Gasteiger charge is -2.29. The smallest absolute Gasteiger partial charge is 0.264 e. The second-order valence-electron chi connectivity index (χ2n) is 8.84. The summed E-state index contributed by atoms with van der Waals surface area (Å²) in [5.41, 5.74) is 7.31. The first-order valence-electron chi connectivity index (χ1n) is 11.9. The topological polar surface area (TPSA) is 114 Å². The van der Waals surface area contributed by atoms with Crippen LogP contribution in [0.3, 0.4) is 0 Å². The van der Waals surface area contributed by atoms with Crippen molar-refractivity contribution in [1.29, 1.82) is 0 Å². The van der Waals surface area contributed by atoms with Gasteiger partial charge in [0, 0.05) is 43.4 Å². The number of hydrogen-bond donors (Lipinski definition) is 2. The van der Waals surface area contributed by atoms with Crippen LogP contribution < -0.4 is 20.5 Å². The van der Waals surface area contributed by atoms with Gasteiger partial charge in [0.1, 0.15) is 11.6 Å². The zero-order chi connectivity index (χ0) is 26.8. The first-order valence-corrected chi connectivity index (χ1v) is 11.9. The van der Waals surface area contributed by atoms with Crippen LogP contribution in [0.5, 0.6) is 11.5 Å². The lowest BCUT2D eigenvalue weighted by atomic mass is 10.1. The van der Waals surface area contributed by atoms with E-state index in [1.807, 2.05) is 24.3 Å². The van der Waals surface area contributed by atoms with E-state index in [0.29, 0.717) is 24.1 Å². The summed E-state index contributed by atoms with van der Waals surface area (Å²) in [6.07, 6.45) is -1.36. The monoisotopic (exact) mass is 522 g/mol. The van der Waals surface area contributed by atoms with Crippen LogP contribution in [0.2, 0.25) is 0 Å². The molecule has 0 spiro atoms. The molecule has 1 unspecified atom stereocenters. The number of fused-ring (bicyclic) bond motifs is 1. The molecule has 3 N–H and O–H groups in total. The van der Waals surface area contributed by atoms with E-state index < -0.39 is 35.5 Å². The van der Waals surface area contributed by atoms with Gasteiger partial charge in [-0.05, 0) is 41.5 Å². The maximum Gasteiger partial charge on any atom is 0.264 e. The molecule has 3 amide bonds. The minimum atomic E-state index is -1.36. The van der Waals surface area contributed by atoms with Gasteiger partial charge in [-0.25, -0.2) is 8.78 Å². The molecule has 11 heteroatoms. The molecule has 3 aromatic rings. The van der Waals surface area contributed by atoms with Crippen molar-refractivity contribution in [3.8, 4) is 11.5 Å². The van der Waals surface area contributed by atoms with E-state index in [1.54, 1.807) is 6.07 Å². The maximum absolute atomic E-state index is 13.9. The number of ether oxygens (including phenoxy) is 2. The number of carbonyl (C=O) groups is 3. The third-order valence-electron chi connectivity index (χ3n) is 6.35. The zero-order valence-corrected chi connectivity index (χ0v) is 20.2. The summed E-state index contributed by atoms with van der Waals surface area (Å²) in [5, 5.41) is 2.77. The lowest BCUT2D eigenvalue weighted by molar-refractivity contribution is -0.128. The predicted octanol–water partition coefficient (Wildman–Crippen LogP) is 2.39. The van der Waals surface area contributed by atoms with E-state index >= 15 is 0 Å². The normalized spacial score (nSPS) is 16.0. The Labute approximate surface area is 216 Å². The maximum atomic E-state index is 13.9. The Balaban J connectivity index is 1.43. The molecule has 0 bridgehead atoms. The van der Waals surface area contributed by atoms with Gasteiger partial charge in [-0.2, -0.15) is 0 Å². The van der Waals surface area contributed by atoms with Crippen molar-refractivity contribution in [3.05, 3.63) is 94.6 Å². The standard InChI is InChI=1S/C27H24F2N4O5/c28-20-9-19(10-21(29)12-20)27(36)33-7-6-32(26(35)18-4-5-22-23(11-18)38-15-37-22)25(33)24(34)31-14-17-3-1-2-16(8-17)13-30/h1-5,8-12,25H,6-7,13-15,30H2,(H,31,34). The number of hydrogen-bond acceptors (Lipinski definition) is 6. The summed E-state index contributed by atoms with van der Waals surface area (Å²) in [6.45, 7) is 0.478. The van der Waals surface area contributed by atoms with Crippen LogP contribution in [0.1, 0.15) is 31.8 Å². The molecule has 1 fully saturated rings. The summed E-state index contributed by atoms with van der Waals surface area (Å²) in [7, 11) is 0. The quantitative estimate of drug-likeness (QED) is 0.514. The summed E-state index contributed by atoms with van der Waals surface area (Å²) in [4.78, 5) is 42.7. The second kappa shape index (κ2) is 10.5. The molecule has 0 aliphatic carbocycles. The van der Waals surface area contributed by atoms with Gasteiger partial charge in [-0.1, -0.05) is 24.3 Å². The van der Waals surface area contributed by atoms with Crippen LogP contribution in [0.25, 0.3) is 0 Å². The molecule has 1 atom stereocenters. The van der Waals surface area contributed by atoms with Crippen LogP contribution >= 0.6 is 0 Å². The highest BCUT2D eigenvalue weighted by atomic mass is 19.1. The molecule has 38 heavy (non-hydrogen) atoms. The average molecular weight is 523 g/mol. The molecule has 0 aromatic heterocycles. The summed E-state index contributed by atoms with van der Waals surface area (Å²) >= 11 is 0. The van der Waals surface area contributed by atoms with Crippen LogP contribution in [0, 0.1) is 11.6 Å². The number of amides is 3.